The molecular weight excluding hydrogens is 320 g/mol. The molecule has 3 nitrogen and oxygen atoms in total. The van der Waals surface area contributed by atoms with Crippen molar-refractivity contribution in [1.29, 1.82) is 0 Å². The van der Waals surface area contributed by atoms with Crippen molar-refractivity contribution in [3.05, 3.63) is 34.3 Å². The van der Waals surface area contributed by atoms with Gasteiger partial charge < -0.3 is 5.32 Å². The molecule has 1 rings (SSSR count). The zero-order chi connectivity index (χ0) is 16.0. The molecule has 0 aliphatic heterocycles. The molecular formula is C15H23ClN2OSSi. The van der Waals surface area contributed by atoms with E-state index in [1.165, 1.54) is 6.92 Å². The summed E-state index contributed by atoms with van der Waals surface area (Å²) < 4.78 is 0. The van der Waals surface area contributed by atoms with Crippen LogP contribution in [0.1, 0.15) is 18.1 Å². The lowest BCUT2D eigenvalue weighted by molar-refractivity contribution is -0.119. The number of benzene rings is 1. The van der Waals surface area contributed by atoms with Crippen LogP contribution in [0.3, 0.4) is 0 Å². The van der Waals surface area contributed by atoms with E-state index in [1.807, 2.05) is 24.5 Å². The molecule has 0 heterocycles. The Bertz CT molecular complexity index is 541. The first-order chi connectivity index (χ1) is 9.73. The summed E-state index contributed by atoms with van der Waals surface area (Å²) in [7, 11) is -1.20. The Balaban J connectivity index is 2.92. The maximum Gasteiger partial charge on any atom is 0.217 e. The standard InChI is InChI=1S/C15H23ClN2OSSi/c1-11(19)17-9-13-7-6-12(8-14(13)16)15(20-2)18-10-21(3,4)5/h6-8H,9-10H2,1-5H3,(H,17,19)/b18-15-. The highest BCUT2D eigenvalue weighted by Crippen LogP contribution is 2.21. The van der Waals surface area contributed by atoms with Crippen molar-refractivity contribution in [2.45, 2.75) is 33.1 Å². The van der Waals surface area contributed by atoms with E-state index in [1.54, 1.807) is 11.8 Å². The van der Waals surface area contributed by atoms with Gasteiger partial charge in [-0.1, -0.05) is 43.4 Å². The first-order valence-corrected chi connectivity index (χ1v) is 12.2. The third-order valence-electron chi connectivity index (χ3n) is 2.72. The molecule has 0 fully saturated rings. The van der Waals surface area contributed by atoms with Gasteiger partial charge in [0.1, 0.15) is 0 Å². The minimum absolute atomic E-state index is 0.0587. The van der Waals surface area contributed by atoms with E-state index < -0.39 is 8.07 Å². The largest absolute Gasteiger partial charge is 0.352 e. The molecule has 1 N–H and O–H groups in total. The van der Waals surface area contributed by atoms with Gasteiger partial charge in [0, 0.05) is 30.2 Å². The SMILES string of the molecule is CS/C(=N\C[Si](C)(C)C)c1ccc(CNC(C)=O)c(Cl)c1. The highest BCUT2D eigenvalue weighted by Gasteiger charge is 2.13. The predicted octanol–water partition coefficient (Wildman–Crippen LogP) is 3.96. The molecule has 0 unspecified atom stereocenters. The summed E-state index contributed by atoms with van der Waals surface area (Å²) in [6, 6.07) is 5.90. The Morgan fingerprint density at radius 1 is 1.38 bits per heavy atom. The van der Waals surface area contributed by atoms with Gasteiger partial charge in [0.15, 0.2) is 0 Å². The molecule has 1 aromatic carbocycles. The van der Waals surface area contributed by atoms with E-state index >= 15 is 0 Å². The quantitative estimate of drug-likeness (QED) is 0.500. The number of nitrogens with one attached hydrogen (secondary N) is 1. The van der Waals surface area contributed by atoms with Crippen molar-refractivity contribution in [3.63, 3.8) is 0 Å². The number of aliphatic imine (C=N–C) groups is 1. The van der Waals surface area contributed by atoms with Crippen LogP contribution in [-0.2, 0) is 11.3 Å². The average molecular weight is 343 g/mol. The fourth-order valence-corrected chi connectivity index (χ4v) is 3.18. The maximum atomic E-state index is 11.0. The van der Waals surface area contributed by atoms with Gasteiger partial charge >= 0.3 is 0 Å². The van der Waals surface area contributed by atoms with E-state index in [0.717, 1.165) is 22.3 Å². The Labute approximate surface area is 137 Å². The number of carbonyl (C=O) groups is 1. The minimum atomic E-state index is -1.20. The summed E-state index contributed by atoms with van der Waals surface area (Å²) in [5, 5.41) is 4.44. The van der Waals surface area contributed by atoms with Crippen molar-refractivity contribution >= 4 is 42.4 Å². The van der Waals surface area contributed by atoms with Crippen LogP contribution in [0, 0.1) is 0 Å². The van der Waals surface area contributed by atoms with Crippen LogP contribution in [-0.4, -0.2) is 31.4 Å². The van der Waals surface area contributed by atoms with Crippen LogP contribution < -0.4 is 5.32 Å². The molecule has 0 atom stereocenters. The smallest absolute Gasteiger partial charge is 0.217 e. The third-order valence-corrected chi connectivity index (χ3v) is 4.93. The molecule has 1 amide bonds. The predicted molar refractivity (Wildman–Crippen MR) is 97.2 cm³/mol. The minimum Gasteiger partial charge on any atom is -0.352 e. The lowest BCUT2D eigenvalue weighted by Gasteiger charge is -2.14. The van der Waals surface area contributed by atoms with Gasteiger partial charge in [0.25, 0.3) is 0 Å². The highest BCUT2D eigenvalue weighted by molar-refractivity contribution is 8.13. The van der Waals surface area contributed by atoms with E-state index in [0.29, 0.717) is 11.6 Å². The fraction of sp³-hybridized carbons (Fsp3) is 0.467. The first-order valence-electron chi connectivity index (χ1n) is 6.84. The summed E-state index contributed by atoms with van der Waals surface area (Å²) in [4.78, 5) is 15.7. The van der Waals surface area contributed by atoms with Crippen LogP contribution in [0.15, 0.2) is 23.2 Å². The van der Waals surface area contributed by atoms with E-state index in [9.17, 15) is 4.79 Å². The normalized spacial score (nSPS) is 12.4. The Kier molecular flexibility index (Phi) is 6.97. The molecule has 0 aliphatic rings. The fourth-order valence-electron chi connectivity index (χ4n) is 1.63. The summed E-state index contributed by atoms with van der Waals surface area (Å²) in [5.74, 6) is -0.0587. The number of nitrogens with zero attached hydrogens (tertiary/aromatic N) is 1. The maximum absolute atomic E-state index is 11.0. The van der Waals surface area contributed by atoms with Crippen LogP contribution in [0.25, 0.3) is 0 Å². The zero-order valence-corrected chi connectivity index (χ0v) is 15.9. The topological polar surface area (TPSA) is 41.5 Å². The number of rotatable bonds is 5. The second-order valence-corrected chi connectivity index (χ2v) is 12.7. The summed E-state index contributed by atoms with van der Waals surface area (Å²) in [5.41, 5.74) is 1.96. The van der Waals surface area contributed by atoms with Crippen LogP contribution in [0.2, 0.25) is 24.7 Å². The van der Waals surface area contributed by atoms with Gasteiger partial charge in [-0.05, 0) is 17.9 Å². The molecule has 0 aromatic heterocycles. The number of hydrogen-bond donors (Lipinski definition) is 1. The van der Waals surface area contributed by atoms with E-state index in [2.05, 4.69) is 25.0 Å². The molecule has 0 radical (unpaired) electrons. The molecule has 0 bridgehead atoms. The molecule has 1 aromatic rings. The summed E-state index contributed by atoms with van der Waals surface area (Å²) in [6.45, 7) is 8.86. The molecule has 0 spiro atoms. The van der Waals surface area contributed by atoms with Crippen LogP contribution in [0.5, 0.6) is 0 Å². The second kappa shape index (κ2) is 8.01. The number of thioether (sulfide) groups is 1. The molecule has 6 heteroatoms. The van der Waals surface area contributed by atoms with Gasteiger partial charge in [-0.2, -0.15) is 0 Å². The Morgan fingerprint density at radius 2 is 2.05 bits per heavy atom. The first kappa shape index (κ1) is 18.3. The van der Waals surface area contributed by atoms with E-state index in [4.69, 9.17) is 16.6 Å². The summed E-state index contributed by atoms with van der Waals surface area (Å²) >= 11 is 7.94. The van der Waals surface area contributed by atoms with Gasteiger partial charge in [-0.3, -0.25) is 9.79 Å². The lowest BCUT2D eigenvalue weighted by atomic mass is 10.1. The van der Waals surface area contributed by atoms with Crippen molar-refractivity contribution in [2.24, 2.45) is 4.99 Å². The van der Waals surface area contributed by atoms with Crippen LogP contribution >= 0.6 is 23.4 Å². The van der Waals surface area contributed by atoms with Crippen molar-refractivity contribution in [1.82, 2.24) is 5.32 Å². The molecule has 0 saturated carbocycles. The Morgan fingerprint density at radius 3 is 2.52 bits per heavy atom. The molecule has 21 heavy (non-hydrogen) atoms. The van der Waals surface area contributed by atoms with Gasteiger partial charge in [-0.25, -0.2) is 0 Å². The Hall–Kier alpha value is -0.783. The molecule has 0 saturated heterocycles. The number of amides is 1. The lowest BCUT2D eigenvalue weighted by Crippen LogP contribution is -2.25. The third kappa shape index (κ3) is 6.67. The van der Waals surface area contributed by atoms with Gasteiger partial charge in [0.05, 0.1) is 13.1 Å². The van der Waals surface area contributed by atoms with Gasteiger partial charge in [0.2, 0.25) is 5.91 Å². The molecule has 116 valence electrons. The molecule has 0 aliphatic carbocycles. The number of carbonyl (C=O) groups excluding carboxylic acids is 1. The van der Waals surface area contributed by atoms with Crippen molar-refractivity contribution in [2.75, 3.05) is 12.4 Å². The second-order valence-electron chi connectivity index (χ2n) is 6.10. The summed E-state index contributed by atoms with van der Waals surface area (Å²) in [6.07, 6.45) is 2.94. The number of halogens is 1. The van der Waals surface area contributed by atoms with Crippen LogP contribution in [0.4, 0.5) is 0 Å². The highest BCUT2D eigenvalue weighted by atomic mass is 35.5. The van der Waals surface area contributed by atoms with Gasteiger partial charge in [-0.15, -0.1) is 11.8 Å². The zero-order valence-electron chi connectivity index (χ0n) is 13.3. The van der Waals surface area contributed by atoms with E-state index in [-0.39, 0.29) is 5.91 Å². The van der Waals surface area contributed by atoms with Crippen molar-refractivity contribution < 1.29 is 4.79 Å². The monoisotopic (exact) mass is 342 g/mol. The number of hydrogen-bond acceptors (Lipinski definition) is 3. The average Bonchev–Trinajstić information content (AvgIpc) is 2.37. The van der Waals surface area contributed by atoms with Crippen molar-refractivity contribution in [3.8, 4) is 0 Å².